The van der Waals surface area contributed by atoms with Crippen LogP contribution < -0.4 is 5.56 Å². The zero-order valence-corrected chi connectivity index (χ0v) is 18.4. The Hall–Kier alpha value is -2.45. The van der Waals surface area contributed by atoms with Gasteiger partial charge in [-0.05, 0) is 37.9 Å². The molecule has 0 radical (unpaired) electrons. The van der Waals surface area contributed by atoms with Crippen LogP contribution in [0.4, 0.5) is 0 Å². The standard InChI is InChI=1S/C23H31N5O3/c1-25(15-17-5-6-17)16-18-14-24-22-23(31-13-12-28(18)22)7-10-27(11-8-23)21(30)19-4-3-9-26(2)20(19)29/h3-4,9,14,17H,5-8,10-13,15-16H2,1-2H3. The van der Waals surface area contributed by atoms with Gasteiger partial charge in [-0.25, -0.2) is 4.98 Å². The van der Waals surface area contributed by atoms with Crippen LogP contribution in [0, 0.1) is 5.92 Å². The fourth-order valence-corrected chi connectivity index (χ4v) is 5.00. The number of ether oxygens (including phenoxy) is 1. The number of aryl methyl sites for hydroxylation is 1. The lowest BCUT2D eigenvalue weighted by Crippen LogP contribution is -2.50. The van der Waals surface area contributed by atoms with Gasteiger partial charge in [0.05, 0.1) is 12.3 Å². The normalized spacial score (nSPS) is 20.3. The molecule has 0 N–H and O–H groups in total. The van der Waals surface area contributed by atoms with Crippen molar-refractivity contribution in [3.05, 3.63) is 52.0 Å². The first-order valence-electron chi connectivity index (χ1n) is 11.3. The molecule has 0 unspecified atom stereocenters. The summed E-state index contributed by atoms with van der Waals surface area (Å²) in [6.45, 7) is 4.66. The molecule has 4 heterocycles. The number of aromatic nitrogens is 3. The van der Waals surface area contributed by atoms with E-state index >= 15 is 0 Å². The molecule has 2 aromatic rings. The summed E-state index contributed by atoms with van der Waals surface area (Å²) < 4.78 is 10.1. The number of hydrogen-bond acceptors (Lipinski definition) is 5. The minimum absolute atomic E-state index is 0.197. The van der Waals surface area contributed by atoms with Crippen LogP contribution in [0.5, 0.6) is 0 Å². The van der Waals surface area contributed by atoms with Gasteiger partial charge in [0.2, 0.25) is 0 Å². The number of imidazole rings is 1. The van der Waals surface area contributed by atoms with E-state index < -0.39 is 5.60 Å². The summed E-state index contributed by atoms with van der Waals surface area (Å²) in [5, 5.41) is 0. The van der Waals surface area contributed by atoms with Crippen molar-refractivity contribution >= 4 is 5.91 Å². The quantitative estimate of drug-likeness (QED) is 0.727. The number of amides is 1. The molecule has 1 saturated heterocycles. The van der Waals surface area contributed by atoms with Crippen LogP contribution in [0.1, 0.15) is 47.6 Å². The molecule has 166 valence electrons. The van der Waals surface area contributed by atoms with Gasteiger partial charge >= 0.3 is 0 Å². The highest BCUT2D eigenvalue weighted by molar-refractivity contribution is 5.93. The molecule has 0 aromatic carbocycles. The van der Waals surface area contributed by atoms with Crippen molar-refractivity contribution in [2.75, 3.05) is 33.3 Å². The van der Waals surface area contributed by atoms with Gasteiger partial charge in [-0.1, -0.05) is 0 Å². The summed E-state index contributed by atoms with van der Waals surface area (Å²) in [5.41, 5.74) is 0.779. The topological polar surface area (TPSA) is 72.6 Å². The minimum atomic E-state index is -0.440. The highest BCUT2D eigenvalue weighted by Gasteiger charge is 2.44. The first-order chi connectivity index (χ1) is 15.0. The van der Waals surface area contributed by atoms with E-state index in [9.17, 15) is 9.59 Å². The third-order valence-electron chi connectivity index (χ3n) is 6.95. The van der Waals surface area contributed by atoms with E-state index in [1.165, 1.54) is 23.1 Å². The lowest BCUT2D eigenvalue weighted by molar-refractivity contribution is -0.112. The van der Waals surface area contributed by atoms with E-state index in [1.807, 2.05) is 6.20 Å². The number of pyridine rings is 1. The molecule has 1 amide bonds. The Morgan fingerprint density at radius 1 is 1.29 bits per heavy atom. The van der Waals surface area contributed by atoms with Crippen LogP contribution >= 0.6 is 0 Å². The van der Waals surface area contributed by atoms with Crippen molar-refractivity contribution in [3.63, 3.8) is 0 Å². The van der Waals surface area contributed by atoms with Gasteiger partial charge in [0.15, 0.2) is 0 Å². The number of rotatable bonds is 5. The summed E-state index contributed by atoms with van der Waals surface area (Å²) >= 11 is 0. The Bertz CT molecular complexity index is 1030. The van der Waals surface area contributed by atoms with Crippen molar-refractivity contribution < 1.29 is 9.53 Å². The summed E-state index contributed by atoms with van der Waals surface area (Å²) in [7, 11) is 3.85. The summed E-state index contributed by atoms with van der Waals surface area (Å²) in [5.74, 6) is 1.67. The summed E-state index contributed by atoms with van der Waals surface area (Å²) in [6.07, 6.45) is 7.77. The molecule has 3 aliphatic rings. The van der Waals surface area contributed by atoms with E-state index in [0.717, 1.165) is 31.4 Å². The first kappa shape index (κ1) is 20.5. The van der Waals surface area contributed by atoms with Crippen molar-refractivity contribution in [3.8, 4) is 0 Å². The van der Waals surface area contributed by atoms with Crippen LogP contribution in [0.2, 0.25) is 0 Å². The van der Waals surface area contributed by atoms with E-state index in [2.05, 4.69) is 16.5 Å². The molecule has 5 rings (SSSR count). The second-order valence-corrected chi connectivity index (χ2v) is 9.34. The Morgan fingerprint density at radius 2 is 2.06 bits per heavy atom. The number of hydrogen-bond donors (Lipinski definition) is 0. The molecule has 0 atom stereocenters. The van der Waals surface area contributed by atoms with Crippen LogP contribution in [-0.4, -0.2) is 63.1 Å². The fourth-order valence-electron chi connectivity index (χ4n) is 5.00. The summed E-state index contributed by atoms with van der Waals surface area (Å²) in [6, 6.07) is 3.35. The zero-order valence-electron chi connectivity index (χ0n) is 18.4. The fraction of sp³-hybridized carbons (Fsp3) is 0.609. The second kappa shape index (κ2) is 7.91. The average Bonchev–Trinajstić information content (AvgIpc) is 3.48. The van der Waals surface area contributed by atoms with Crippen LogP contribution in [0.25, 0.3) is 0 Å². The zero-order chi connectivity index (χ0) is 21.6. The molecule has 2 aromatic heterocycles. The number of carbonyl (C=O) groups is 1. The van der Waals surface area contributed by atoms with Gasteiger partial charge < -0.3 is 23.7 Å². The number of nitrogens with zero attached hydrogens (tertiary/aromatic N) is 5. The molecular formula is C23H31N5O3. The maximum atomic E-state index is 13.0. The molecule has 8 nitrogen and oxygen atoms in total. The van der Waals surface area contributed by atoms with Gasteiger partial charge in [0, 0.05) is 65.0 Å². The van der Waals surface area contributed by atoms with Crippen molar-refractivity contribution in [2.45, 2.75) is 44.4 Å². The lowest BCUT2D eigenvalue weighted by atomic mass is 9.89. The predicted octanol–water partition coefficient (Wildman–Crippen LogP) is 1.59. The summed E-state index contributed by atoms with van der Waals surface area (Å²) in [4.78, 5) is 34.3. The van der Waals surface area contributed by atoms with E-state index in [-0.39, 0.29) is 17.0 Å². The molecule has 1 saturated carbocycles. The maximum Gasteiger partial charge on any atom is 0.263 e. The molecular weight excluding hydrogens is 394 g/mol. The number of likely N-dealkylation sites (tertiary alicyclic amines) is 1. The largest absolute Gasteiger partial charge is 0.365 e. The second-order valence-electron chi connectivity index (χ2n) is 9.34. The Labute approximate surface area is 182 Å². The van der Waals surface area contributed by atoms with Gasteiger partial charge in [0.1, 0.15) is 17.0 Å². The SMILES string of the molecule is CN(Cc1cnc2n1CCOC21CCN(C(=O)c2cccn(C)c2=O)CC1)CC1CC1. The first-order valence-corrected chi connectivity index (χ1v) is 11.3. The predicted molar refractivity (Wildman–Crippen MR) is 116 cm³/mol. The van der Waals surface area contributed by atoms with Crippen molar-refractivity contribution in [2.24, 2.45) is 13.0 Å². The number of carbonyl (C=O) groups excluding carboxylic acids is 1. The third kappa shape index (κ3) is 3.83. The van der Waals surface area contributed by atoms with E-state index in [1.54, 1.807) is 30.3 Å². The van der Waals surface area contributed by atoms with E-state index in [0.29, 0.717) is 32.5 Å². The van der Waals surface area contributed by atoms with Crippen LogP contribution in [-0.2, 0) is 30.5 Å². The molecule has 31 heavy (non-hydrogen) atoms. The Morgan fingerprint density at radius 3 is 2.81 bits per heavy atom. The number of fused-ring (bicyclic) bond motifs is 2. The van der Waals surface area contributed by atoms with Crippen LogP contribution in [0.3, 0.4) is 0 Å². The van der Waals surface area contributed by atoms with E-state index in [4.69, 9.17) is 9.72 Å². The monoisotopic (exact) mass is 425 g/mol. The van der Waals surface area contributed by atoms with Gasteiger partial charge in [-0.2, -0.15) is 0 Å². The molecule has 1 spiro atoms. The van der Waals surface area contributed by atoms with Crippen molar-refractivity contribution in [1.29, 1.82) is 0 Å². The van der Waals surface area contributed by atoms with Crippen LogP contribution in [0.15, 0.2) is 29.3 Å². The molecule has 2 fully saturated rings. The molecule has 2 aliphatic heterocycles. The average molecular weight is 426 g/mol. The minimum Gasteiger partial charge on any atom is -0.365 e. The maximum absolute atomic E-state index is 13.0. The Balaban J connectivity index is 1.30. The Kier molecular flexibility index (Phi) is 5.22. The highest BCUT2D eigenvalue weighted by Crippen LogP contribution is 2.39. The molecule has 8 heteroatoms. The van der Waals surface area contributed by atoms with Gasteiger partial charge in [-0.15, -0.1) is 0 Å². The molecule has 1 aliphatic carbocycles. The third-order valence-corrected chi connectivity index (χ3v) is 6.95. The van der Waals surface area contributed by atoms with Crippen molar-refractivity contribution in [1.82, 2.24) is 23.9 Å². The van der Waals surface area contributed by atoms with Gasteiger partial charge in [-0.3, -0.25) is 9.59 Å². The molecule has 0 bridgehead atoms. The highest BCUT2D eigenvalue weighted by atomic mass is 16.5. The number of piperidine rings is 1. The lowest BCUT2D eigenvalue weighted by Gasteiger charge is -2.43. The van der Waals surface area contributed by atoms with Gasteiger partial charge in [0.25, 0.3) is 11.5 Å². The smallest absolute Gasteiger partial charge is 0.263 e.